The zero-order chi connectivity index (χ0) is 17.8. The smallest absolute Gasteiger partial charge is 0.315 e. The number of amides is 2. The van der Waals surface area contributed by atoms with Crippen LogP contribution < -0.4 is 15.4 Å². The van der Waals surface area contributed by atoms with Crippen molar-refractivity contribution in [1.29, 1.82) is 0 Å². The molecule has 0 saturated carbocycles. The van der Waals surface area contributed by atoms with Crippen molar-refractivity contribution in [2.45, 2.75) is 45.1 Å². The van der Waals surface area contributed by atoms with Gasteiger partial charge in [0, 0.05) is 18.5 Å². The highest BCUT2D eigenvalue weighted by molar-refractivity contribution is 5.75. The number of urea groups is 1. The minimum atomic E-state index is -0.597. The first-order valence-electron chi connectivity index (χ1n) is 8.59. The second-order valence-corrected chi connectivity index (χ2v) is 6.55. The van der Waals surface area contributed by atoms with E-state index in [1.807, 2.05) is 62.4 Å². The molecule has 2 atom stereocenters. The lowest BCUT2D eigenvalue weighted by Crippen LogP contribution is -2.40. The van der Waals surface area contributed by atoms with Crippen LogP contribution in [0.25, 0.3) is 0 Å². The fourth-order valence-corrected chi connectivity index (χ4v) is 3.13. The molecule has 0 saturated heterocycles. The van der Waals surface area contributed by atoms with Gasteiger partial charge in [-0.05, 0) is 31.0 Å². The molecule has 0 fully saturated rings. The first-order valence-corrected chi connectivity index (χ1v) is 8.59. The highest BCUT2D eigenvalue weighted by Crippen LogP contribution is 2.31. The van der Waals surface area contributed by atoms with Crippen molar-refractivity contribution in [2.75, 3.05) is 0 Å². The highest BCUT2D eigenvalue weighted by Gasteiger charge is 2.31. The SMILES string of the molecule is CC(C)Oc1ccccc1CNC(=O)N[C@H]1c2ccccc2C[C@H]1O. The van der Waals surface area contributed by atoms with Crippen molar-refractivity contribution in [3.63, 3.8) is 0 Å². The summed E-state index contributed by atoms with van der Waals surface area (Å²) in [7, 11) is 0. The molecule has 1 aliphatic rings. The number of rotatable bonds is 5. The molecular weight excluding hydrogens is 316 g/mol. The molecule has 0 heterocycles. The summed E-state index contributed by atoms with van der Waals surface area (Å²) in [5, 5.41) is 15.9. The first kappa shape index (κ1) is 17.3. The Bertz CT molecular complexity index is 745. The Kier molecular flexibility index (Phi) is 5.24. The van der Waals surface area contributed by atoms with Crippen LogP contribution in [0.15, 0.2) is 48.5 Å². The molecule has 0 radical (unpaired) electrons. The van der Waals surface area contributed by atoms with E-state index < -0.39 is 6.10 Å². The van der Waals surface area contributed by atoms with Crippen LogP contribution in [0.5, 0.6) is 5.75 Å². The lowest BCUT2D eigenvalue weighted by Gasteiger charge is -2.19. The zero-order valence-electron chi connectivity index (χ0n) is 14.5. The van der Waals surface area contributed by atoms with E-state index in [2.05, 4.69) is 10.6 Å². The van der Waals surface area contributed by atoms with E-state index in [0.717, 1.165) is 22.4 Å². The van der Waals surface area contributed by atoms with Crippen LogP contribution in [0.2, 0.25) is 0 Å². The largest absolute Gasteiger partial charge is 0.491 e. The summed E-state index contributed by atoms with van der Waals surface area (Å²) in [5.74, 6) is 0.768. The number of hydrogen-bond acceptors (Lipinski definition) is 3. The predicted octanol–water partition coefficient (Wildman–Crippen LogP) is 2.93. The van der Waals surface area contributed by atoms with Gasteiger partial charge in [0.25, 0.3) is 0 Å². The van der Waals surface area contributed by atoms with Crippen LogP contribution in [0.3, 0.4) is 0 Å². The van der Waals surface area contributed by atoms with E-state index in [9.17, 15) is 9.90 Å². The molecule has 0 aromatic heterocycles. The number of ether oxygens (including phenoxy) is 1. The molecule has 25 heavy (non-hydrogen) atoms. The van der Waals surface area contributed by atoms with Gasteiger partial charge < -0.3 is 20.5 Å². The number of benzene rings is 2. The Labute approximate surface area is 148 Å². The summed E-state index contributed by atoms with van der Waals surface area (Å²) in [6.07, 6.45) is 0.0337. The summed E-state index contributed by atoms with van der Waals surface area (Å²) in [6.45, 7) is 4.30. The molecule has 2 amide bonds. The Balaban J connectivity index is 1.61. The maximum Gasteiger partial charge on any atom is 0.315 e. The fraction of sp³-hybridized carbons (Fsp3) is 0.350. The van der Waals surface area contributed by atoms with E-state index in [4.69, 9.17) is 4.74 Å². The van der Waals surface area contributed by atoms with E-state index in [1.165, 1.54) is 0 Å². The molecule has 5 heteroatoms. The molecular formula is C20H24N2O3. The summed E-state index contributed by atoms with van der Waals surface area (Å²) < 4.78 is 5.76. The molecule has 0 spiro atoms. The molecule has 3 rings (SSSR count). The lowest BCUT2D eigenvalue weighted by molar-refractivity contribution is 0.142. The summed E-state index contributed by atoms with van der Waals surface area (Å²) >= 11 is 0. The van der Waals surface area contributed by atoms with Crippen molar-refractivity contribution in [3.8, 4) is 5.75 Å². The second-order valence-electron chi connectivity index (χ2n) is 6.55. The summed E-state index contributed by atoms with van der Waals surface area (Å²) in [6, 6.07) is 14.8. The molecule has 0 unspecified atom stereocenters. The number of para-hydroxylation sites is 1. The predicted molar refractivity (Wildman–Crippen MR) is 96.5 cm³/mol. The minimum absolute atomic E-state index is 0.0696. The highest BCUT2D eigenvalue weighted by atomic mass is 16.5. The molecule has 3 N–H and O–H groups in total. The van der Waals surface area contributed by atoms with Crippen molar-refractivity contribution in [2.24, 2.45) is 0 Å². The van der Waals surface area contributed by atoms with Crippen LogP contribution in [-0.2, 0) is 13.0 Å². The quantitative estimate of drug-likeness (QED) is 0.784. The van der Waals surface area contributed by atoms with Crippen LogP contribution in [0.4, 0.5) is 4.79 Å². The average molecular weight is 340 g/mol. The minimum Gasteiger partial charge on any atom is -0.491 e. The van der Waals surface area contributed by atoms with Gasteiger partial charge in [0.05, 0.1) is 18.2 Å². The summed E-state index contributed by atoms with van der Waals surface area (Å²) in [4.78, 5) is 12.3. The van der Waals surface area contributed by atoms with Crippen LogP contribution in [0, 0.1) is 0 Å². The van der Waals surface area contributed by atoms with Gasteiger partial charge in [-0.3, -0.25) is 0 Å². The number of carbonyl (C=O) groups is 1. The Morgan fingerprint density at radius 2 is 1.92 bits per heavy atom. The Morgan fingerprint density at radius 3 is 2.72 bits per heavy atom. The van der Waals surface area contributed by atoms with Gasteiger partial charge in [0.1, 0.15) is 5.75 Å². The zero-order valence-corrected chi connectivity index (χ0v) is 14.5. The van der Waals surface area contributed by atoms with Crippen LogP contribution in [0.1, 0.15) is 36.6 Å². The molecule has 5 nitrogen and oxygen atoms in total. The maximum absolute atomic E-state index is 12.3. The molecule has 2 aromatic rings. The maximum atomic E-state index is 12.3. The molecule has 132 valence electrons. The van der Waals surface area contributed by atoms with Gasteiger partial charge in [-0.25, -0.2) is 4.79 Å². The van der Waals surface area contributed by atoms with Gasteiger partial charge >= 0.3 is 6.03 Å². The topological polar surface area (TPSA) is 70.6 Å². The third kappa shape index (κ3) is 4.12. The van der Waals surface area contributed by atoms with Crippen molar-refractivity contribution < 1.29 is 14.6 Å². The van der Waals surface area contributed by atoms with E-state index >= 15 is 0 Å². The third-order valence-electron chi connectivity index (χ3n) is 4.27. The number of aliphatic hydroxyl groups is 1. The van der Waals surface area contributed by atoms with Crippen molar-refractivity contribution in [3.05, 3.63) is 65.2 Å². The third-order valence-corrected chi connectivity index (χ3v) is 4.27. The van der Waals surface area contributed by atoms with Gasteiger partial charge in [-0.15, -0.1) is 0 Å². The molecule has 0 aliphatic heterocycles. The monoisotopic (exact) mass is 340 g/mol. The number of fused-ring (bicyclic) bond motifs is 1. The second kappa shape index (κ2) is 7.57. The standard InChI is InChI=1S/C20H24N2O3/c1-13(2)25-18-10-6-4-8-15(18)12-21-20(24)22-19-16-9-5-3-7-14(16)11-17(19)23/h3-10,13,17,19,23H,11-12H2,1-2H3,(H2,21,22,24)/t17-,19+/m1/s1. The lowest BCUT2D eigenvalue weighted by atomic mass is 10.1. The number of aliphatic hydroxyl groups excluding tert-OH is 1. The first-order chi connectivity index (χ1) is 12.0. The Morgan fingerprint density at radius 1 is 1.20 bits per heavy atom. The molecule has 0 bridgehead atoms. The normalized spacial score (nSPS) is 18.7. The van der Waals surface area contributed by atoms with Gasteiger partial charge in [0.2, 0.25) is 0 Å². The fourth-order valence-electron chi connectivity index (χ4n) is 3.13. The van der Waals surface area contributed by atoms with E-state index in [-0.39, 0.29) is 18.2 Å². The van der Waals surface area contributed by atoms with Gasteiger partial charge in [-0.2, -0.15) is 0 Å². The van der Waals surface area contributed by atoms with Crippen LogP contribution >= 0.6 is 0 Å². The van der Waals surface area contributed by atoms with E-state index in [1.54, 1.807) is 0 Å². The molecule has 2 aromatic carbocycles. The average Bonchev–Trinajstić information content (AvgIpc) is 2.89. The van der Waals surface area contributed by atoms with E-state index in [0.29, 0.717) is 13.0 Å². The van der Waals surface area contributed by atoms with Gasteiger partial charge in [-0.1, -0.05) is 42.5 Å². The van der Waals surface area contributed by atoms with Crippen molar-refractivity contribution in [1.82, 2.24) is 10.6 Å². The summed E-state index contributed by atoms with van der Waals surface area (Å²) in [5.41, 5.74) is 2.98. The Hall–Kier alpha value is -2.53. The number of hydrogen-bond donors (Lipinski definition) is 3. The van der Waals surface area contributed by atoms with Gasteiger partial charge in [0.15, 0.2) is 0 Å². The van der Waals surface area contributed by atoms with Crippen LogP contribution in [-0.4, -0.2) is 23.3 Å². The van der Waals surface area contributed by atoms with Crippen molar-refractivity contribution >= 4 is 6.03 Å². The number of carbonyl (C=O) groups excluding carboxylic acids is 1. The molecule has 1 aliphatic carbocycles. The number of nitrogens with one attached hydrogen (secondary N) is 2.